The molecule has 3 heterocycles. The lowest BCUT2D eigenvalue weighted by Gasteiger charge is -2.18. The quantitative estimate of drug-likeness (QED) is 0.443. The number of nitrogens with zero attached hydrogens (tertiary/aromatic N) is 4. The van der Waals surface area contributed by atoms with Crippen LogP contribution >= 0.6 is 0 Å². The van der Waals surface area contributed by atoms with Crippen LogP contribution in [-0.4, -0.2) is 34.3 Å². The van der Waals surface area contributed by atoms with Gasteiger partial charge in [-0.1, -0.05) is 24.3 Å². The van der Waals surface area contributed by atoms with E-state index in [1.807, 2.05) is 23.6 Å². The number of ether oxygens (including phenoxy) is 1. The van der Waals surface area contributed by atoms with Gasteiger partial charge in [0.1, 0.15) is 11.6 Å². The van der Waals surface area contributed by atoms with Gasteiger partial charge < -0.3 is 15.4 Å². The van der Waals surface area contributed by atoms with E-state index in [0.717, 1.165) is 71.0 Å². The molecule has 7 heteroatoms. The maximum Gasteiger partial charge on any atom is 0.166 e. The fraction of sp³-hybridized carbons (Fsp3) is 0.308. The molecule has 0 aliphatic carbocycles. The lowest BCUT2D eigenvalue weighted by molar-refractivity contribution is 0.131. The first-order chi connectivity index (χ1) is 16.2. The molecular formula is C26H28FN5O. The van der Waals surface area contributed by atoms with Crippen LogP contribution in [0, 0.1) is 5.82 Å². The summed E-state index contributed by atoms with van der Waals surface area (Å²) in [6, 6.07) is 16.8. The summed E-state index contributed by atoms with van der Waals surface area (Å²) in [5, 5.41) is 4.93. The van der Waals surface area contributed by atoms with Gasteiger partial charge in [0.2, 0.25) is 0 Å². The summed E-state index contributed by atoms with van der Waals surface area (Å²) < 4.78 is 21.3. The molecule has 0 bridgehead atoms. The first kappa shape index (κ1) is 21.6. The Kier molecular flexibility index (Phi) is 6.07. The van der Waals surface area contributed by atoms with E-state index in [-0.39, 0.29) is 5.82 Å². The number of fused-ring (bicyclic) bond motifs is 1. The highest BCUT2D eigenvalue weighted by molar-refractivity contribution is 5.83. The van der Waals surface area contributed by atoms with Crippen molar-refractivity contribution in [2.75, 3.05) is 24.6 Å². The molecule has 1 aliphatic heterocycles. The monoisotopic (exact) mass is 445 g/mol. The van der Waals surface area contributed by atoms with Crippen molar-refractivity contribution in [3.63, 3.8) is 0 Å². The van der Waals surface area contributed by atoms with E-state index in [2.05, 4.69) is 23.1 Å². The van der Waals surface area contributed by atoms with Gasteiger partial charge >= 0.3 is 0 Å². The van der Waals surface area contributed by atoms with Crippen molar-refractivity contribution in [1.29, 1.82) is 0 Å². The summed E-state index contributed by atoms with van der Waals surface area (Å²) in [4.78, 5) is 7.39. The summed E-state index contributed by atoms with van der Waals surface area (Å²) in [6.07, 6.45) is 2.31. The second kappa shape index (κ2) is 9.29. The summed E-state index contributed by atoms with van der Waals surface area (Å²) in [5.74, 6) is 0.656. The molecule has 2 aromatic carbocycles. The Hall–Kier alpha value is -3.29. The summed E-state index contributed by atoms with van der Waals surface area (Å²) in [5.41, 5.74) is 12.2. The van der Waals surface area contributed by atoms with Crippen molar-refractivity contribution in [3.8, 4) is 22.4 Å². The van der Waals surface area contributed by atoms with Crippen LogP contribution in [-0.2, 0) is 17.9 Å². The molecule has 0 spiro atoms. The van der Waals surface area contributed by atoms with Gasteiger partial charge in [0.05, 0.1) is 23.6 Å². The van der Waals surface area contributed by atoms with Crippen molar-refractivity contribution in [2.45, 2.75) is 32.9 Å². The van der Waals surface area contributed by atoms with Crippen LogP contribution in [0.1, 0.15) is 31.0 Å². The number of halogens is 1. The fourth-order valence-electron chi connectivity index (χ4n) is 4.39. The van der Waals surface area contributed by atoms with Crippen LogP contribution < -0.4 is 10.6 Å². The normalized spacial score (nSPS) is 13.8. The average Bonchev–Trinajstić information content (AvgIpc) is 3.51. The zero-order valence-electron chi connectivity index (χ0n) is 18.8. The second-order valence-corrected chi connectivity index (χ2v) is 8.30. The number of benzene rings is 2. The number of rotatable bonds is 7. The second-order valence-electron chi connectivity index (χ2n) is 8.30. The van der Waals surface area contributed by atoms with Gasteiger partial charge in [-0.05, 0) is 55.2 Å². The number of aromatic nitrogens is 3. The van der Waals surface area contributed by atoms with Crippen molar-refractivity contribution >= 4 is 11.5 Å². The Morgan fingerprint density at radius 1 is 1.00 bits per heavy atom. The average molecular weight is 446 g/mol. The number of nitrogens with two attached hydrogens (primary N) is 1. The standard InChI is InChI=1S/C26H28FN5O/c1-2-33-17-22-25(20-7-5-18(16-28)6-8-20)26-29-24(31-13-3-4-14-31)15-23(32(26)30-22)19-9-11-21(27)12-10-19/h5-12,15H,2-4,13-14,16-17,28H2,1H3. The van der Waals surface area contributed by atoms with E-state index < -0.39 is 0 Å². The lowest BCUT2D eigenvalue weighted by Crippen LogP contribution is -2.19. The molecule has 2 N–H and O–H groups in total. The smallest absolute Gasteiger partial charge is 0.166 e. The van der Waals surface area contributed by atoms with Crippen molar-refractivity contribution in [1.82, 2.24) is 14.6 Å². The van der Waals surface area contributed by atoms with Crippen LogP contribution in [0.15, 0.2) is 54.6 Å². The summed E-state index contributed by atoms with van der Waals surface area (Å²) >= 11 is 0. The molecule has 1 aliphatic rings. The Morgan fingerprint density at radius 3 is 2.36 bits per heavy atom. The molecule has 2 aromatic heterocycles. The van der Waals surface area contributed by atoms with Crippen molar-refractivity contribution in [3.05, 3.63) is 71.7 Å². The predicted octanol–water partition coefficient (Wildman–Crippen LogP) is 4.80. The van der Waals surface area contributed by atoms with Gasteiger partial charge in [0, 0.05) is 37.9 Å². The van der Waals surface area contributed by atoms with Crippen molar-refractivity contribution in [2.24, 2.45) is 5.73 Å². The Morgan fingerprint density at radius 2 is 1.70 bits per heavy atom. The summed E-state index contributed by atoms with van der Waals surface area (Å²) in [7, 11) is 0. The first-order valence-electron chi connectivity index (χ1n) is 11.5. The van der Waals surface area contributed by atoms with E-state index in [4.69, 9.17) is 20.6 Å². The Bertz CT molecular complexity index is 1240. The topological polar surface area (TPSA) is 68.7 Å². The molecule has 0 saturated carbocycles. The van der Waals surface area contributed by atoms with E-state index in [1.54, 1.807) is 12.1 Å². The minimum atomic E-state index is -0.262. The van der Waals surface area contributed by atoms with E-state index in [1.165, 1.54) is 12.1 Å². The third kappa shape index (κ3) is 4.21. The molecule has 1 saturated heterocycles. The minimum Gasteiger partial charge on any atom is -0.375 e. The van der Waals surface area contributed by atoms with Crippen molar-refractivity contribution < 1.29 is 9.13 Å². The molecule has 0 unspecified atom stereocenters. The maximum absolute atomic E-state index is 13.7. The summed E-state index contributed by atoms with van der Waals surface area (Å²) in [6.45, 7) is 5.40. The molecule has 6 nitrogen and oxygen atoms in total. The Balaban J connectivity index is 1.76. The minimum absolute atomic E-state index is 0.262. The van der Waals surface area contributed by atoms with Crippen LogP contribution in [0.25, 0.3) is 28.0 Å². The van der Waals surface area contributed by atoms with Gasteiger partial charge in [-0.2, -0.15) is 5.10 Å². The molecular weight excluding hydrogens is 417 g/mol. The zero-order chi connectivity index (χ0) is 22.8. The molecule has 0 radical (unpaired) electrons. The van der Waals surface area contributed by atoms with Crippen LogP contribution in [0.2, 0.25) is 0 Å². The zero-order valence-corrected chi connectivity index (χ0v) is 18.8. The van der Waals surface area contributed by atoms with Gasteiger partial charge in [-0.25, -0.2) is 13.9 Å². The molecule has 4 aromatic rings. The van der Waals surface area contributed by atoms with E-state index >= 15 is 0 Å². The number of anilines is 1. The third-order valence-corrected chi connectivity index (χ3v) is 6.14. The van der Waals surface area contributed by atoms with Crippen LogP contribution in [0.5, 0.6) is 0 Å². The fourth-order valence-corrected chi connectivity index (χ4v) is 4.39. The van der Waals surface area contributed by atoms with Gasteiger partial charge in [-0.3, -0.25) is 0 Å². The maximum atomic E-state index is 13.7. The largest absolute Gasteiger partial charge is 0.375 e. The molecule has 33 heavy (non-hydrogen) atoms. The third-order valence-electron chi connectivity index (χ3n) is 6.14. The number of hydrogen-bond acceptors (Lipinski definition) is 5. The molecule has 1 fully saturated rings. The predicted molar refractivity (Wildman–Crippen MR) is 128 cm³/mol. The SMILES string of the molecule is CCOCc1nn2c(-c3ccc(F)cc3)cc(N3CCCC3)nc2c1-c1ccc(CN)cc1. The van der Waals surface area contributed by atoms with Gasteiger partial charge in [0.25, 0.3) is 0 Å². The molecule has 0 amide bonds. The lowest BCUT2D eigenvalue weighted by atomic mass is 10.0. The molecule has 5 rings (SSSR count). The molecule has 0 atom stereocenters. The highest BCUT2D eigenvalue weighted by Crippen LogP contribution is 2.34. The highest BCUT2D eigenvalue weighted by atomic mass is 19.1. The van der Waals surface area contributed by atoms with Crippen LogP contribution in [0.3, 0.4) is 0 Å². The van der Waals surface area contributed by atoms with Crippen LogP contribution in [0.4, 0.5) is 10.2 Å². The van der Waals surface area contributed by atoms with Gasteiger partial charge in [-0.15, -0.1) is 0 Å². The van der Waals surface area contributed by atoms with Gasteiger partial charge in [0.15, 0.2) is 5.65 Å². The number of hydrogen-bond donors (Lipinski definition) is 1. The van der Waals surface area contributed by atoms with E-state index in [9.17, 15) is 4.39 Å². The molecule has 170 valence electrons. The van der Waals surface area contributed by atoms with E-state index in [0.29, 0.717) is 19.8 Å². The Labute approximate surface area is 192 Å². The first-order valence-corrected chi connectivity index (χ1v) is 11.5. The highest BCUT2D eigenvalue weighted by Gasteiger charge is 2.23.